The first-order valence-electron chi connectivity index (χ1n) is 6.27. The molecule has 1 aromatic heterocycles. The van der Waals surface area contributed by atoms with E-state index in [4.69, 9.17) is 0 Å². The van der Waals surface area contributed by atoms with Gasteiger partial charge < -0.3 is 5.11 Å². The Hall–Kier alpha value is -2.20. The molecule has 0 bridgehead atoms. The number of aromatic nitrogens is 1. The Labute approximate surface area is 120 Å². The molecule has 0 aliphatic heterocycles. The minimum atomic E-state index is -0.902. The third-order valence-corrected chi connectivity index (χ3v) is 4.40. The molecule has 0 saturated carbocycles. The first-order chi connectivity index (χ1) is 9.58. The number of hydrogen-bond donors (Lipinski definition) is 1. The van der Waals surface area contributed by atoms with Crippen LogP contribution in [0.3, 0.4) is 0 Å². The van der Waals surface area contributed by atoms with Crippen molar-refractivity contribution in [2.75, 3.05) is 0 Å². The third kappa shape index (κ3) is 1.98. The van der Waals surface area contributed by atoms with Crippen LogP contribution in [0.15, 0.2) is 36.4 Å². The van der Waals surface area contributed by atoms with Crippen molar-refractivity contribution in [3.05, 3.63) is 53.1 Å². The molecule has 2 aromatic carbocycles. The lowest BCUT2D eigenvalue weighted by atomic mass is 9.98. The quantitative estimate of drug-likeness (QED) is 0.763. The zero-order valence-electron chi connectivity index (χ0n) is 11.2. The lowest BCUT2D eigenvalue weighted by Gasteiger charge is -2.09. The van der Waals surface area contributed by atoms with Crippen molar-refractivity contribution in [2.24, 2.45) is 0 Å². The van der Waals surface area contributed by atoms with Gasteiger partial charge in [-0.1, -0.05) is 24.3 Å². The number of para-hydroxylation sites is 1. The van der Waals surface area contributed by atoms with E-state index in [2.05, 4.69) is 4.98 Å². The first-order valence-corrected chi connectivity index (χ1v) is 7.09. The summed E-state index contributed by atoms with van der Waals surface area (Å²) in [6.07, 6.45) is 0. The normalized spacial score (nSPS) is 10.9. The number of aryl methyl sites for hydroxylation is 2. The van der Waals surface area contributed by atoms with Crippen LogP contribution < -0.4 is 0 Å². The second-order valence-corrected chi connectivity index (χ2v) is 5.77. The zero-order valence-corrected chi connectivity index (χ0v) is 12.0. The number of carboxylic acids is 1. The molecule has 1 N–H and O–H groups in total. The number of thiazole rings is 1. The number of nitrogens with zero attached hydrogens (tertiary/aromatic N) is 1. The molecule has 3 aromatic rings. The van der Waals surface area contributed by atoms with E-state index >= 15 is 0 Å². The van der Waals surface area contributed by atoms with Crippen LogP contribution in [-0.4, -0.2) is 16.1 Å². The molecular formula is C16H13NO2S. The molecule has 0 spiro atoms. The standard InChI is InChI=1S/C16H13NO2S/c1-9-7-8-10(2)14(16(18)19)13(9)15-17-11-5-3-4-6-12(11)20-15/h3-8H,1-2H3,(H,18,19). The van der Waals surface area contributed by atoms with Crippen LogP contribution in [0.4, 0.5) is 0 Å². The lowest BCUT2D eigenvalue weighted by Crippen LogP contribution is -2.04. The molecule has 0 atom stereocenters. The van der Waals surface area contributed by atoms with Crippen molar-refractivity contribution in [3.8, 4) is 10.6 Å². The van der Waals surface area contributed by atoms with Crippen LogP contribution in [0.1, 0.15) is 21.5 Å². The summed E-state index contributed by atoms with van der Waals surface area (Å²) >= 11 is 1.53. The van der Waals surface area contributed by atoms with Gasteiger partial charge in [0.05, 0.1) is 15.8 Å². The zero-order chi connectivity index (χ0) is 14.3. The van der Waals surface area contributed by atoms with Crippen molar-refractivity contribution in [1.82, 2.24) is 4.98 Å². The van der Waals surface area contributed by atoms with Gasteiger partial charge in [0.1, 0.15) is 5.01 Å². The fourth-order valence-electron chi connectivity index (χ4n) is 2.34. The Balaban J connectivity index is 2.33. The summed E-state index contributed by atoms with van der Waals surface area (Å²) in [5.74, 6) is -0.902. The number of carbonyl (C=O) groups is 1. The number of hydrogen-bond acceptors (Lipinski definition) is 3. The second kappa shape index (κ2) is 4.72. The van der Waals surface area contributed by atoms with E-state index in [0.29, 0.717) is 5.56 Å². The lowest BCUT2D eigenvalue weighted by molar-refractivity contribution is 0.0697. The average Bonchev–Trinajstić information content (AvgIpc) is 2.83. The Morgan fingerprint density at radius 3 is 2.50 bits per heavy atom. The molecule has 0 aliphatic carbocycles. The molecule has 0 saturated heterocycles. The highest BCUT2D eigenvalue weighted by molar-refractivity contribution is 7.21. The minimum absolute atomic E-state index is 0.351. The molecule has 0 unspecified atom stereocenters. The van der Waals surface area contributed by atoms with Crippen LogP contribution in [0.25, 0.3) is 20.8 Å². The van der Waals surface area contributed by atoms with E-state index in [9.17, 15) is 9.90 Å². The summed E-state index contributed by atoms with van der Waals surface area (Å²) in [7, 11) is 0. The number of aromatic carboxylic acids is 1. The molecule has 3 rings (SSSR count). The predicted molar refractivity (Wildman–Crippen MR) is 81.5 cm³/mol. The van der Waals surface area contributed by atoms with Crippen molar-refractivity contribution < 1.29 is 9.90 Å². The largest absolute Gasteiger partial charge is 0.478 e. The van der Waals surface area contributed by atoms with Crippen LogP contribution in [-0.2, 0) is 0 Å². The monoisotopic (exact) mass is 283 g/mol. The fraction of sp³-hybridized carbons (Fsp3) is 0.125. The summed E-state index contributed by atoms with van der Waals surface area (Å²) in [5.41, 5.74) is 3.69. The maximum absolute atomic E-state index is 11.6. The van der Waals surface area contributed by atoms with Gasteiger partial charge >= 0.3 is 5.97 Å². The molecule has 20 heavy (non-hydrogen) atoms. The van der Waals surface area contributed by atoms with Crippen molar-refractivity contribution in [3.63, 3.8) is 0 Å². The number of carboxylic acid groups (broad SMARTS) is 1. The van der Waals surface area contributed by atoms with Gasteiger partial charge in [0.25, 0.3) is 0 Å². The molecule has 0 aliphatic rings. The Morgan fingerprint density at radius 2 is 1.80 bits per heavy atom. The van der Waals surface area contributed by atoms with Crippen LogP contribution in [0, 0.1) is 13.8 Å². The summed E-state index contributed by atoms with van der Waals surface area (Å²) in [6.45, 7) is 3.74. The fourth-order valence-corrected chi connectivity index (χ4v) is 3.42. The van der Waals surface area contributed by atoms with Gasteiger partial charge in [0.15, 0.2) is 0 Å². The maximum atomic E-state index is 11.6. The van der Waals surface area contributed by atoms with Crippen molar-refractivity contribution >= 4 is 27.5 Å². The minimum Gasteiger partial charge on any atom is -0.478 e. The molecule has 0 amide bonds. The van der Waals surface area contributed by atoms with Crippen molar-refractivity contribution in [1.29, 1.82) is 0 Å². The topological polar surface area (TPSA) is 50.2 Å². The highest BCUT2D eigenvalue weighted by Gasteiger charge is 2.19. The van der Waals surface area contributed by atoms with Crippen LogP contribution in [0.5, 0.6) is 0 Å². The molecule has 1 heterocycles. The van der Waals surface area contributed by atoms with E-state index in [1.165, 1.54) is 11.3 Å². The van der Waals surface area contributed by atoms with Gasteiger partial charge in [-0.25, -0.2) is 9.78 Å². The summed E-state index contributed by atoms with van der Waals surface area (Å²) in [4.78, 5) is 16.1. The van der Waals surface area contributed by atoms with E-state index < -0.39 is 5.97 Å². The SMILES string of the molecule is Cc1ccc(C)c(-c2nc3ccccc3s2)c1C(=O)O. The molecule has 3 nitrogen and oxygen atoms in total. The summed E-state index contributed by atoms with van der Waals surface area (Å²) in [6, 6.07) is 11.6. The van der Waals surface area contributed by atoms with E-state index in [1.54, 1.807) is 0 Å². The summed E-state index contributed by atoms with van der Waals surface area (Å²) in [5, 5.41) is 10.3. The molecule has 100 valence electrons. The Bertz CT molecular complexity index is 787. The Morgan fingerprint density at radius 1 is 1.10 bits per heavy atom. The van der Waals surface area contributed by atoms with Gasteiger partial charge in [0.2, 0.25) is 0 Å². The van der Waals surface area contributed by atoms with Gasteiger partial charge in [0, 0.05) is 5.56 Å². The van der Waals surface area contributed by atoms with Gasteiger partial charge in [-0.05, 0) is 37.1 Å². The Kier molecular flexibility index (Phi) is 3.03. The molecule has 0 radical (unpaired) electrons. The highest BCUT2D eigenvalue weighted by Crippen LogP contribution is 2.35. The van der Waals surface area contributed by atoms with Crippen LogP contribution >= 0.6 is 11.3 Å². The van der Waals surface area contributed by atoms with Crippen LogP contribution in [0.2, 0.25) is 0 Å². The van der Waals surface area contributed by atoms with E-state index in [-0.39, 0.29) is 0 Å². The van der Waals surface area contributed by atoms with Gasteiger partial charge in [-0.3, -0.25) is 0 Å². The van der Waals surface area contributed by atoms with Gasteiger partial charge in [-0.2, -0.15) is 0 Å². The highest BCUT2D eigenvalue weighted by atomic mass is 32.1. The predicted octanol–water partition coefficient (Wildman–Crippen LogP) is 4.28. The number of fused-ring (bicyclic) bond motifs is 1. The van der Waals surface area contributed by atoms with E-state index in [0.717, 1.165) is 31.9 Å². The van der Waals surface area contributed by atoms with E-state index in [1.807, 2.05) is 50.2 Å². The number of benzene rings is 2. The number of rotatable bonds is 2. The third-order valence-electron chi connectivity index (χ3n) is 3.34. The maximum Gasteiger partial charge on any atom is 0.336 e. The molecule has 4 heteroatoms. The summed E-state index contributed by atoms with van der Waals surface area (Å²) < 4.78 is 1.07. The molecular weight excluding hydrogens is 270 g/mol. The average molecular weight is 283 g/mol. The smallest absolute Gasteiger partial charge is 0.336 e. The first kappa shape index (κ1) is 12.8. The second-order valence-electron chi connectivity index (χ2n) is 4.74. The van der Waals surface area contributed by atoms with Gasteiger partial charge in [-0.15, -0.1) is 11.3 Å². The molecule has 0 fully saturated rings. The van der Waals surface area contributed by atoms with Crippen molar-refractivity contribution in [2.45, 2.75) is 13.8 Å².